The van der Waals surface area contributed by atoms with Crippen molar-refractivity contribution in [3.05, 3.63) is 156 Å². The third kappa shape index (κ3) is 4.92. The van der Waals surface area contributed by atoms with Crippen molar-refractivity contribution in [2.24, 2.45) is 0 Å². The van der Waals surface area contributed by atoms with Gasteiger partial charge in [-0.15, -0.1) is 0 Å². The molecule has 2 aromatic heterocycles. The molecule has 2 heterocycles. The van der Waals surface area contributed by atoms with Gasteiger partial charge in [-0.3, -0.25) is 0 Å². The molecular formula is C41H29FN4. The van der Waals surface area contributed by atoms with Gasteiger partial charge < -0.3 is 4.57 Å². The fourth-order valence-corrected chi connectivity index (χ4v) is 6.19. The maximum atomic E-state index is 14.7. The fraction of sp³-hybridized carbons (Fsp3) is 0.0488. The van der Waals surface area contributed by atoms with Crippen LogP contribution in [0.3, 0.4) is 0 Å². The van der Waals surface area contributed by atoms with Crippen molar-refractivity contribution in [1.82, 2.24) is 19.5 Å². The van der Waals surface area contributed by atoms with Gasteiger partial charge in [-0.25, -0.2) is 19.3 Å². The molecule has 0 aliphatic heterocycles. The molecule has 0 N–H and O–H groups in total. The Hall–Kier alpha value is -5.94. The fourth-order valence-electron chi connectivity index (χ4n) is 6.19. The number of benzene rings is 6. The van der Waals surface area contributed by atoms with Crippen LogP contribution in [0.4, 0.5) is 4.39 Å². The van der Waals surface area contributed by atoms with Crippen LogP contribution in [0.15, 0.2) is 140 Å². The second-order valence-corrected chi connectivity index (χ2v) is 11.7. The van der Waals surface area contributed by atoms with Crippen LogP contribution in [0.2, 0.25) is 0 Å². The molecule has 8 aromatic rings. The maximum Gasteiger partial charge on any atom is 0.164 e. The van der Waals surface area contributed by atoms with Crippen molar-refractivity contribution in [1.29, 1.82) is 0 Å². The van der Waals surface area contributed by atoms with Crippen molar-refractivity contribution in [2.75, 3.05) is 0 Å². The standard InChI is InChI=1S/C41H29FN4/c1-26-16-19-34-35-20-17-27(2)23-37(35)46(36(34)22-26)38-25-31(18-21-33(38)30-14-9-15-32(42)24-30)41-44-39(28-10-5-3-6-11-28)43-40(45-41)29-12-7-4-8-13-29/h3-25H,1-2H3. The average molecular weight is 597 g/mol. The second-order valence-electron chi connectivity index (χ2n) is 11.7. The summed E-state index contributed by atoms with van der Waals surface area (Å²) in [4.78, 5) is 14.9. The van der Waals surface area contributed by atoms with E-state index < -0.39 is 0 Å². The van der Waals surface area contributed by atoms with Crippen molar-refractivity contribution >= 4 is 21.8 Å². The summed E-state index contributed by atoms with van der Waals surface area (Å²) in [6, 6.07) is 46.0. The third-order valence-electron chi connectivity index (χ3n) is 8.41. The molecule has 0 spiro atoms. The number of hydrogen-bond donors (Lipinski definition) is 0. The summed E-state index contributed by atoms with van der Waals surface area (Å²) in [7, 11) is 0. The monoisotopic (exact) mass is 596 g/mol. The van der Waals surface area contributed by atoms with Crippen LogP contribution in [0.1, 0.15) is 11.1 Å². The highest BCUT2D eigenvalue weighted by molar-refractivity contribution is 6.10. The van der Waals surface area contributed by atoms with Crippen LogP contribution in [-0.2, 0) is 0 Å². The first-order valence-electron chi connectivity index (χ1n) is 15.3. The van der Waals surface area contributed by atoms with Crippen LogP contribution in [0.25, 0.3) is 72.8 Å². The molecule has 0 saturated heterocycles. The summed E-state index contributed by atoms with van der Waals surface area (Å²) in [6.07, 6.45) is 0. The van der Waals surface area contributed by atoms with E-state index in [1.54, 1.807) is 12.1 Å². The Labute approximate surface area is 266 Å². The van der Waals surface area contributed by atoms with E-state index in [1.165, 1.54) is 6.07 Å². The quantitative estimate of drug-likeness (QED) is 0.199. The normalized spacial score (nSPS) is 11.4. The van der Waals surface area contributed by atoms with E-state index in [4.69, 9.17) is 15.0 Å². The minimum Gasteiger partial charge on any atom is -0.309 e. The summed E-state index contributed by atoms with van der Waals surface area (Å²) in [6.45, 7) is 4.22. The van der Waals surface area contributed by atoms with Crippen LogP contribution < -0.4 is 0 Å². The molecule has 0 amide bonds. The lowest BCUT2D eigenvalue weighted by Crippen LogP contribution is -2.02. The zero-order valence-corrected chi connectivity index (χ0v) is 25.4. The first-order chi connectivity index (χ1) is 22.5. The van der Waals surface area contributed by atoms with Gasteiger partial charge in [0.05, 0.1) is 16.7 Å². The molecule has 4 nitrogen and oxygen atoms in total. The van der Waals surface area contributed by atoms with E-state index in [0.717, 1.165) is 66.4 Å². The van der Waals surface area contributed by atoms with Gasteiger partial charge in [0.1, 0.15) is 5.82 Å². The SMILES string of the molecule is Cc1ccc2c3ccc(C)cc3n(-c3cc(-c4nc(-c5ccccc5)nc(-c5ccccc5)n4)ccc3-c3cccc(F)c3)c2c1. The minimum absolute atomic E-state index is 0.279. The highest BCUT2D eigenvalue weighted by atomic mass is 19.1. The van der Waals surface area contributed by atoms with E-state index in [0.29, 0.717) is 17.5 Å². The van der Waals surface area contributed by atoms with Gasteiger partial charge >= 0.3 is 0 Å². The van der Waals surface area contributed by atoms with Crippen molar-refractivity contribution in [2.45, 2.75) is 13.8 Å². The Bertz CT molecular complexity index is 2280. The Balaban J connectivity index is 1.44. The molecule has 8 rings (SSSR count). The zero-order chi connectivity index (χ0) is 31.2. The van der Waals surface area contributed by atoms with Gasteiger partial charge in [-0.1, -0.05) is 109 Å². The number of aromatic nitrogens is 4. The largest absolute Gasteiger partial charge is 0.309 e. The molecule has 0 aliphatic carbocycles. The average Bonchev–Trinajstić information content (AvgIpc) is 3.40. The van der Waals surface area contributed by atoms with Gasteiger partial charge in [0.25, 0.3) is 0 Å². The minimum atomic E-state index is -0.279. The molecule has 220 valence electrons. The van der Waals surface area contributed by atoms with Gasteiger partial charge in [-0.2, -0.15) is 0 Å². The summed E-state index contributed by atoms with van der Waals surface area (Å²) in [5.41, 5.74) is 9.77. The molecule has 0 atom stereocenters. The number of aryl methyl sites for hydroxylation is 2. The van der Waals surface area contributed by atoms with E-state index in [9.17, 15) is 4.39 Å². The van der Waals surface area contributed by atoms with Gasteiger partial charge in [0.2, 0.25) is 0 Å². The van der Waals surface area contributed by atoms with Gasteiger partial charge in [0.15, 0.2) is 17.5 Å². The number of fused-ring (bicyclic) bond motifs is 3. The van der Waals surface area contributed by atoms with E-state index >= 15 is 0 Å². The lowest BCUT2D eigenvalue weighted by molar-refractivity contribution is 0.628. The lowest BCUT2D eigenvalue weighted by atomic mass is 10.00. The molecule has 0 fully saturated rings. The second kappa shape index (κ2) is 11.2. The molecular weight excluding hydrogens is 567 g/mol. The molecule has 46 heavy (non-hydrogen) atoms. The summed E-state index contributed by atoms with van der Waals surface area (Å²) in [5.74, 6) is 1.48. The predicted molar refractivity (Wildman–Crippen MR) is 185 cm³/mol. The van der Waals surface area contributed by atoms with E-state index in [2.05, 4.69) is 66.9 Å². The van der Waals surface area contributed by atoms with Crippen molar-refractivity contribution in [3.8, 4) is 51.0 Å². The predicted octanol–water partition coefficient (Wildman–Crippen LogP) is 10.4. The molecule has 5 heteroatoms. The van der Waals surface area contributed by atoms with Crippen LogP contribution in [-0.4, -0.2) is 19.5 Å². The number of halogens is 1. The maximum absolute atomic E-state index is 14.7. The number of nitrogens with zero attached hydrogens (tertiary/aromatic N) is 4. The molecule has 0 radical (unpaired) electrons. The third-order valence-corrected chi connectivity index (χ3v) is 8.41. The highest BCUT2D eigenvalue weighted by Crippen LogP contribution is 2.39. The van der Waals surface area contributed by atoms with Crippen LogP contribution in [0, 0.1) is 19.7 Å². The molecule has 0 bridgehead atoms. The number of hydrogen-bond acceptors (Lipinski definition) is 3. The molecule has 0 unspecified atom stereocenters. The van der Waals surface area contributed by atoms with Crippen LogP contribution >= 0.6 is 0 Å². The lowest BCUT2D eigenvalue weighted by Gasteiger charge is -2.17. The Morgan fingerprint density at radius 3 is 1.52 bits per heavy atom. The molecule has 6 aromatic carbocycles. The van der Waals surface area contributed by atoms with Gasteiger partial charge in [0, 0.05) is 33.0 Å². The summed E-state index contributed by atoms with van der Waals surface area (Å²) < 4.78 is 17.0. The zero-order valence-electron chi connectivity index (χ0n) is 25.4. The van der Waals surface area contributed by atoms with Gasteiger partial charge in [-0.05, 0) is 60.9 Å². The Morgan fingerprint density at radius 2 is 0.978 bits per heavy atom. The van der Waals surface area contributed by atoms with E-state index in [1.807, 2.05) is 72.8 Å². The molecule has 0 aliphatic rings. The van der Waals surface area contributed by atoms with E-state index in [-0.39, 0.29) is 5.82 Å². The summed E-state index contributed by atoms with van der Waals surface area (Å²) >= 11 is 0. The topological polar surface area (TPSA) is 43.6 Å². The van der Waals surface area contributed by atoms with Crippen molar-refractivity contribution < 1.29 is 4.39 Å². The van der Waals surface area contributed by atoms with Crippen LogP contribution in [0.5, 0.6) is 0 Å². The van der Waals surface area contributed by atoms with Crippen molar-refractivity contribution in [3.63, 3.8) is 0 Å². The first kappa shape index (κ1) is 27.6. The Morgan fingerprint density at radius 1 is 0.457 bits per heavy atom. The number of rotatable bonds is 5. The molecule has 0 saturated carbocycles. The Kier molecular flexibility index (Phi) is 6.72. The highest BCUT2D eigenvalue weighted by Gasteiger charge is 2.19. The summed E-state index contributed by atoms with van der Waals surface area (Å²) in [5, 5.41) is 2.32. The smallest absolute Gasteiger partial charge is 0.164 e. The first-order valence-corrected chi connectivity index (χ1v) is 15.3.